The number of ether oxygens (including phenoxy) is 1. The van der Waals surface area contributed by atoms with Gasteiger partial charge in [0, 0.05) is 6.54 Å². The Morgan fingerprint density at radius 3 is 2.48 bits per heavy atom. The van der Waals surface area contributed by atoms with E-state index in [9.17, 15) is 10.1 Å². The molecule has 1 aromatic rings. The summed E-state index contributed by atoms with van der Waals surface area (Å²) in [7, 11) is 1.35. The van der Waals surface area contributed by atoms with Crippen LogP contribution in [0.5, 0.6) is 0 Å². The van der Waals surface area contributed by atoms with Crippen molar-refractivity contribution in [1.82, 2.24) is 10.2 Å². The van der Waals surface area contributed by atoms with Crippen molar-refractivity contribution in [3.05, 3.63) is 16.8 Å². The lowest BCUT2D eigenvalue weighted by Gasteiger charge is -2.23. The Balaban J connectivity index is 3.31. The van der Waals surface area contributed by atoms with E-state index in [1.807, 2.05) is 20.8 Å². The van der Waals surface area contributed by atoms with Crippen LogP contribution < -0.4 is 4.90 Å². The first kappa shape index (κ1) is 16.9. The van der Waals surface area contributed by atoms with Crippen LogP contribution in [0.25, 0.3) is 0 Å². The molecule has 0 radical (unpaired) electrons. The quantitative estimate of drug-likeness (QED) is 0.713. The van der Waals surface area contributed by atoms with Gasteiger partial charge < -0.3 is 9.64 Å². The second kappa shape index (κ2) is 8.20. The first-order chi connectivity index (χ1) is 10.1. The van der Waals surface area contributed by atoms with Crippen LogP contribution >= 0.6 is 0 Å². The van der Waals surface area contributed by atoms with Crippen molar-refractivity contribution in [3.63, 3.8) is 0 Å². The van der Waals surface area contributed by atoms with E-state index in [2.05, 4.69) is 16.3 Å². The molecule has 1 rings (SSSR count). The number of hydrogen-bond donors (Lipinski definition) is 0. The average Bonchev–Trinajstić information content (AvgIpc) is 2.52. The molecular formula is C15H22N4O2. The molecule has 0 saturated carbocycles. The number of aryl methyl sites for hydroxylation is 1. The van der Waals surface area contributed by atoms with Gasteiger partial charge in [-0.05, 0) is 24.8 Å². The van der Waals surface area contributed by atoms with Crippen molar-refractivity contribution in [1.29, 1.82) is 5.26 Å². The molecule has 0 aromatic carbocycles. The lowest BCUT2D eigenvalue weighted by atomic mass is 10.0. The molecule has 0 aliphatic heterocycles. The zero-order chi connectivity index (χ0) is 15.8. The number of anilines is 1. The molecule has 0 atom stereocenters. The first-order valence-electron chi connectivity index (χ1n) is 7.23. The molecule has 21 heavy (non-hydrogen) atoms. The highest BCUT2D eigenvalue weighted by atomic mass is 16.5. The summed E-state index contributed by atoms with van der Waals surface area (Å²) in [6, 6.07) is 2.22. The Morgan fingerprint density at radius 2 is 2.00 bits per heavy atom. The summed E-state index contributed by atoms with van der Waals surface area (Å²) in [4.78, 5) is 13.3. The van der Waals surface area contributed by atoms with Gasteiger partial charge in [0.25, 0.3) is 0 Å². The van der Waals surface area contributed by atoms with Crippen molar-refractivity contribution in [2.24, 2.45) is 0 Å². The van der Waals surface area contributed by atoms with Crippen molar-refractivity contribution < 1.29 is 9.53 Å². The van der Waals surface area contributed by atoms with Crippen LogP contribution in [0, 0.1) is 11.3 Å². The Bertz CT molecular complexity index is 537. The van der Waals surface area contributed by atoms with Crippen molar-refractivity contribution in [2.45, 2.75) is 40.0 Å². The van der Waals surface area contributed by atoms with Crippen LogP contribution in [0.4, 0.5) is 5.82 Å². The van der Waals surface area contributed by atoms with Crippen LogP contribution in [-0.2, 0) is 22.4 Å². The van der Waals surface area contributed by atoms with E-state index in [1.165, 1.54) is 7.11 Å². The molecule has 1 heterocycles. The number of rotatable bonds is 7. The van der Waals surface area contributed by atoms with E-state index >= 15 is 0 Å². The fraction of sp³-hybridized carbons (Fsp3) is 0.600. The van der Waals surface area contributed by atoms with Crippen LogP contribution in [0.15, 0.2) is 0 Å². The number of nitriles is 1. The summed E-state index contributed by atoms with van der Waals surface area (Å²) in [6.07, 6.45) is 2.28. The summed E-state index contributed by atoms with van der Waals surface area (Å²) >= 11 is 0. The van der Waals surface area contributed by atoms with Crippen molar-refractivity contribution in [3.8, 4) is 6.07 Å². The molecule has 0 fully saturated rings. The topological polar surface area (TPSA) is 79.1 Å². The van der Waals surface area contributed by atoms with E-state index in [0.29, 0.717) is 24.3 Å². The van der Waals surface area contributed by atoms with Gasteiger partial charge in [-0.2, -0.15) is 10.4 Å². The fourth-order valence-corrected chi connectivity index (χ4v) is 2.25. The number of carbonyl (C=O) groups is 1. The number of esters is 1. The van der Waals surface area contributed by atoms with Crippen LogP contribution in [-0.4, -0.2) is 36.4 Å². The van der Waals surface area contributed by atoms with E-state index in [-0.39, 0.29) is 12.5 Å². The van der Waals surface area contributed by atoms with Crippen molar-refractivity contribution in [2.75, 3.05) is 25.1 Å². The minimum absolute atomic E-state index is 0.0718. The maximum absolute atomic E-state index is 11.6. The second-order valence-electron chi connectivity index (χ2n) is 4.64. The minimum Gasteiger partial charge on any atom is -0.468 e. The number of aromatic nitrogens is 2. The normalized spacial score (nSPS) is 10.0. The Labute approximate surface area is 125 Å². The predicted octanol–water partition coefficient (Wildman–Crippen LogP) is 1.86. The molecule has 1 aromatic heterocycles. The van der Waals surface area contributed by atoms with Gasteiger partial charge in [-0.3, -0.25) is 4.79 Å². The van der Waals surface area contributed by atoms with E-state index in [4.69, 9.17) is 4.74 Å². The first-order valence-corrected chi connectivity index (χ1v) is 7.23. The molecule has 6 heteroatoms. The van der Waals surface area contributed by atoms with Gasteiger partial charge in [0.15, 0.2) is 5.82 Å². The molecule has 6 nitrogen and oxygen atoms in total. The highest BCUT2D eigenvalue weighted by Gasteiger charge is 2.21. The zero-order valence-corrected chi connectivity index (χ0v) is 13.1. The van der Waals surface area contributed by atoms with Crippen LogP contribution in [0.1, 0.15) is 44.0 Å². The summed E-state index contributed by atoms with van der Waals surface area (Å²) in [5.41, 5.74) is 2.27. The molecular weight excluding hydrogens is 268 g/mol. The largest absolute Gasteiger partial charge is 0.468 e. The van der Waals surface area contributed by atoms with Crippen molar-refractivity contribution >= 4 is 11.8 Å². The van der Waals surface area contributed by atoms with Gasteiger partial charge in [0.05, 0.1) is 12.8 Å². The summed E-state index contributed by atoms with van der Waals surface area (Å²) < 4.78 is 4.71. The third kappa shape index (κ3) is 3.91. The average molecular weight is 290 g/mol. The Morgan fingerprint density at radius 1 is 1.29 bits per heavy atom. The van der Waals surface area contributed by atoms with E-state index in [1.54, 1.807) is 4.90 Å². The predicted molar refractivity (Wildman–Crippen MR) is 80.0 cm³/mol. The molecule has 0 spiro atoms. The molecule has 0 N–H and O–H groups in total. The molecule has 0 bridgehead atoms. The SMILES string of the molecule is CCCN(CC(=O)OC)c1nnc(CC)c(CC)c1C#N. The highest BCUT2D eigenvalue weighted by Crippen LogP contribution is 2.23. The molecule has 0 amide bonds. The van der Waals surface area contributed by atoms with E-state index < -0.39 is 0 Å². The number of nitrogens with zero attached hydrogens (tertiary/aromatic N) is 4. The minimum atomic E-state index is -0.355. The number of carbonyl (C=O) groups excluding carboxylic acids is 1. The number of hydrogen-bond acceptors (Lipinski definition) is 6. The third-order valence-corrected chi connectivity index (χ3v) is 3.28. The maximum atomic E-state index is 11.6. The van der Waals surface area contributed by atoms with Crippen LogP contribution in [0.2, 0.25) is 0 Å². The summed E-state index contributed by atoms with van der Waals surface area (Å²) in [5.74, 6) is 0.116. The molecule has 0 aliphatic carbocycles. The Hall–Kier alpha value is -2.16. The Kier molecular flexibility index (Phi) is 6.60. The monoisotopic (exact) mass is 290 g/mol. The fourth-order valence-electron chi connectivity index (χ4n) is 2.25. The van der Waals surface area contributed by atoms with Gasteiger partial charge in [0.1, 0.15) is 18.2 Å². The van der Waals surface area contributed by atoms with Gasteiger partial charge in [-0.1, -0.05) is 20.8 Å². The summed E-state index contributed by atoms with van der Waals surface area (Å²) in [5, 5.41) is 17.9. The van der Waals surface area contributed by atoms with Gasteiger partial charge in [-0.15, -0.1) is 5.10 Å². The zero-order valence-electron chi connectivity index (χ0n) is 13.1. The summed E-state index contributed by atoms with van der Waals surface area (Å²) in [6.45, 7) is 6.67. The number of methoxy groups -OCH3 is 1. The van der Waals surface area contributed by atoms with Gasteiger partial charge in [0.2, 0.25) is 0 Å². The standard InChI is InChI=1S/C15H22N4O2/c1-5-8-19(10-14(20)21-4)15-12(9-16)11(6-2)13(7-3)17-18-15/h5-8,10H2,1-4H3. The van der Waals surface area contributed by atoms with Gasteiger partial charge in [-0.25, -0.2) is 0 Å². The highest BCUT2D eigenvalue weighted by molar-refractivity contribution is 5.76. The lowest BCUT2D eigenvalue weighted by Crippen LogP contribution is -2.33. The molecule has 0 unspecified atom stereocenters. The smallest absolute Gasteiger partial charge is 0.325 e. The lowest BCUT2D eigenvalue weighted by molar-refractivity contribution is -0.138. The molecule has 114 valence electrons. The maximum Gasteiger partial charge on any atom is 0.325 e. The van der Waals surface area contributed by atoms with Crippen LogP contribution in [0.3, 0.4) is 0 Å². The third-order valence-electron chi connectivity index (χ3n) is 3.28. The van der Waals surface area contributed by atoms with E-state index in [0.717, 1.165) is 24.1 Å². The second-order valence-corrected chi connectivity index (χ2v) is 4.64. The molecule has 0 saturated heterocycles. The van der Waals surface area contributed by atoms with Gasteiger partial charge >= 0.3 is 5.97 Å². The molecule has 0 aliphatic rings.